The van der Waals surface area contributed by atoms with Crippen molar-refractivity contribution in [2.75, 3.05) is 16.6 Å². The molecule has 2 N–H and O–H groups in total. The van der Waals surface area contributed by atoms with Crippen LogP contribution in [-0.4, -0.2) is 15.0 Å². The van der Waals surface area contributed by atoms with Gasteiger partial charge in [0.1, 0.15) is 4.21 Å². The highest BCUT2D eigenvalue weighted by Crippen LogP contribution is 2.29. The van der Waals surface area contributed by atoms with Crippen molar-refractivity contribution in [1.29, 1.82) is 0 Å². The first kappa shape index (κ1) is 14.9. The van der Waals surface area contributed by atoms with Gasteiger partial charge in [-0.3, -0.25) is 4.31 Å². The summed E-state index contributed by atoms with van der Waals surface area (Å²) in [5, 5.41) is 0. The fourth-order valence-electron chi connectivity index (χ4n) is 1.93. The van der Waals surface area contributed by atoms with Gasteiger partial charge in [0.15, 0.2) is 0 Å². The van der Waals surface area contributed by atoms with Crippen LogP contribution in [0.3, 0.4) is 0 Å². The van der Waals surface area contributed by atoms with Gasteiger partial charge >= 0.3 is 0 Å². The minimum absolute atomic E-state index is 0.381. The molecule has 0 unspecified atom stereocenters. The predicted octanol–water partition coefficient (Wildman–Crippen LogP) is 3.11. The van der Waals surface area contributed by atoms with Gasteiger partial charge in [-0.2, -0.15) is 0 Å². The molecule has 0 spiro atoms. The zero-order chi connectivity index (χ0) is 14.8. The molecule has 20 heavy (non-hydrogen) atoms. The molecule has 0 aliphatic rings. The van der Waals surface area contributed by atoms with Gasteiger partial charge in [-0.1, -0.05) is 6.92 Å². The average Bonchev–Trinajstić information content (AvgIpc) is 2.91. The van der Waals surface area contributed by atoms with Crippen LogP contribution in [-0.2, 0) is 16.4 Å². The third kappa shape index (κ3) is 2.81. The van der Waals surface area contributed by atoms with E-state index >= 15 is 0 Å². The highest BCUT2D eigenvalue weighted by Gasteiger charge is 2.25. The Labute approximate surface area is 123 Å². The molecule has 108 valence electrons. The lowest BCUT2D eigenvalue weighted by atomic mass is 10.3. The fraction of sp³-hybridized carbons (Fsp3) is 0.286. The summed E-state index contributed by atoms with van der Waals surface area (Å²) in [5.41, 5.74) is 6.89. The summed E-state index contributed by atoms with van der Waals surface area (Å²) in [4.78, 5) is 1.07. The first-order chi connectivity index (χ1) is 9.48. The second-order valence-corrected chi connectivity index (χ2v) is 7.59. The molecule has 0 amide bonds. The summed E-state index contributed by atoms with van der Waals surface area (Å²) < 4.78 is 27.1. The Morgan fingerprint density at radius 2 is 1.75 bits per heavy atom. The monoisotopic (exact) mass is 310 g/mol. The lowest BCUT2D eigenvalue weighted by molar-refractivity contribution is 0.594. The van der Waals surface area contributed by atoms with Crippen molar-refractivity contribution in [3.05, 3.63) is 41.3 Å². The molecule has 0 radical (unpaired) electrons. The predicted molar refractivity (Wildman–Crippen MR) is 84.8 cm³/mol. The topological polar surface area (TPSA) is 63.4 Å². The second-order valence-electron chi connectivity index (χ2n) is 4.34. The molecule has 0 atom stereocenters. The molecule has 1 aromatic heterocycles. The van der Waals surface area contributed by atoms with E-state index in [0.29, 0.717) is 22.1 Å². The van der Waals surface area contributed by atoms with Gasteiger partial charge in [-0.15, -0.1) is 11.3 Å². The Bertz CT molecular complexity index is 675. The first-order valence-electron chi connectivity index (χ1n) is 6.46. The van der Waals surface area contributed by atoms with Gasteiger partial charge < -0.3 is 5.73 Å². The van der Waals surface area contributed by atoms with Crippen LogP contribution in [0.25, 0.3) is 0 Å². The Balaban J connectivity index is 2.41. The lowest BCUT2D eigenvalue weighted by Crippen LogP contribution is -2.30. The quantitative estimate of drug-likeness (QED) is 0.863. The molecule has 1 heterocycles. The van der Waals surface area contributed by atoms with Gasteiger partial charge in [0.25, 0.3) is 10.0 Å². The number of sulfonamides is 1. The van der Waals surface area contributed by atoms with Crippen LogP contribution in [0.15, 0.2) is 40.6 Å². The number of anilines is 2. The Morgan fingerprint density at radius 1 is 1.10 bits per heavy atom. The molecular weight excluding hydrogens is 292 g/mol. The molecule has 0 aliphatic carbocycles. The minimum atomic E-state index is -3.50. The van der Waals surface area contributed by atoms with Crippen molar-refractivity contribution in [2.45, 2.75) is 24.5 Å². The van der Waals surface area contributed by atoms with E-state index in [-0.39, 0.29) is 0 Å². The maximum atomic E-state index is 12.7. The largest absolute Gasteiger partial charge is 0.399 e. The van der Waals surface area contributed by atoms with E-state index in [2.05, 4.69) is 0 Å². The van der Waals surface area contributed by atoms with Crippen molar-refractivity contribution in [3.8, 4) is 0 Å². The van der Waals surface area contributed by atoms with Crippen molar-refractivity contribution in [1.82, 2.24) is 0 Å². The molecule has 0 bridgehead atoms. The van der Waals surface area contributed by atoms with Gasteiger partial charge in [0.2, 0.25) is 0 Å². The molecule has 0 aliphatic heterocycles. The Morgan fingerprint density at radius 3 is 2.25 bits per heavy atom. The number of thiophene rings is 1. The van der Waals surface area contributed by atoms with Gasteiger partial charge in [0.05, 0.1) is 5.69 Å². The standard InChI is InChI=1S/C14H18N2O2S2/c1-3-13-9-10-14(19-13)20(17,18)16(4-2)12-7-5-11(15)6-8-12/h5-10H,3-4,15H2,1-2H3. The van der Waals surface area contributed by atoms with E-state index < -0.39 is 10.0 Å². The Hall–Kier alpha value is -1.53. The zero-order valence-corrected chi connectivity index (χ0v) is 13.2. The zero-order valence-electron chi connectivity index (χ0n) is 11.5. The molecule has 4 nitrogen and oxygen atoms in total. The number of hydrogen-bond donors (Lipinski definition) is 1. The van der Waals surface area contributed by atoms with Gasteiger partial charge in [-0.25, -0.2) is 8.42 Å². The van der Waals surface area contributed by atoms with Crippen molar-refractivity contribution >= 4 is 32.7 Å². The van der Waals surface area contributed by atoms with E-state index in [1.165, 1.54) is 15.6 Å². The van der Waals surface area contributed by atoms with Crippen LogP contribution in [0.2, 0.25) is 0 Å². The number of aryl methyl sites for hydroxylation is 1. The van der Waals surface area contributed by atoms with Crippen molar-refractivity contribution < 1.29 is 8.42 Å². The van der Waals surface area contributed by atoms with E-state index in [0.717, 1.165) is 11.3 Å². The highest BCUT2D eigenvalue weighted by atomic mass is 32.2. The summed E-state index contributed by atoms with van der Waals surface area (Å²) in [7, 11) is -3.50. The average molecular weight is 310 g/mol. The lowest BCUT2D eigenvalue weighted by Gasteiger charge is -2.22. The normalized spacial score (nSPS) is 11.5. The summed E-state index contributed by atoms with van der Waals surface area (Å²) in [6.07, 6.45) is 0.841. The number of nitrogens with two attached hydrogens (primary N) is 1. The maximum Gasteiger partial charge on any atom is 0.273 e. The number of hydrogen-bond acceptors (Lipinski definition) is 4. The molecule has 6 heteroatoms. The van der Waals surface area contributed by atoms with E-state index in [4.69, 9.17) is 5.73 Å². The summed E-state index contributed by atoms with van der Waals surface area (Å²) >= 11 is 1.33. The van der Waals surface area contributed by atoms with Crippen LogP contribution in [0.4, 0.5) is 11.4 Å². The molecule has 0 fully saturated rings. The molecule has 2 aromatic rings. The summed E-state index contributed by atoms with van der Waals surface area (Å²) in [6, 6.07) is 10.4. The fourth-order valence-corrected chi connectivity index (χ4v) is 4.81. The second kappa shape index (κ2) is 5.85. The molecule has 0 saturated carbocycles. The van der Waals surface area contributed by atoms with E-state index in [1.807, 2.05) is 19.9 Å². The van der Waals surface area contributed by atoms with Crippen molar-refractivity contribution in [3.63, 3.8) is 0 Å². The van der Waals surface area contributed by atoms with E-state index in [9.17, 15) is 8.42 Å². The highest BCUT2D eigenvalue weighted by molar-refractivity contribution is 7.94. The number of rotatable bonds is 5. The maximum absolute atomic E-state index is 12.7. The van der Waals surface area contributed by atoms with Gasteiger partial charge in [-0.05, 0) is 49.7 Å². The van der Waals surface area contributed by atoms with E-state index in [1.54, 1.807) is 30.3 Å². The molecule has 0 saturated heterocycles. The molecular formula is C14H18N2O2S2. The van der Waals surface area contributed by atoms with Crippen LogP contribution in [0, 0.1) is 0 Å². The van der Waals surface area contributed by atoms with Crippen LogP contribution in [0.1, 0.15) is 18.7 Å². The number of nitrogens with zero attached hydrogens (tertiary/aromatic N) is 1. The molecule has 2 rings (SSSR count). The smallest absolute Gasteiger partial charge is 0.273 e. The third-order valence-corrected chi connectivity index (χ3v) is 6.60. The Kier molecular flexibility index (Phi) is 4.35. The van der Waals surface area contributed by atoms with Crippen LogP contribution >= 0.6 is 11.3 Å². The third-order valence-electron chi connectivity index (χ3n) is 3.00. The van der Waals surface area contributed by atoms with Crippen LogP contribution < -0.4 is 10.0 Å². The summed E-state index contributed by atoms with van der Waals surface area (Å²) in [5.74, 6) is 0. The molecule has 1 aromatic carbocycles. The SMILES string of the molecule is CCc1ccc(S(=O)(=O)N(CC)c2ccc(N)cc2)s1. The van der Waals surface area contributed by atoms with Gasteiger partial charge in [0, 0.05) is 17.1 Å². The first-order valence-corrected chi connectivity index (χ1v) is 8.71. The number of nitrogen functional groups attached to an aromatic ring is 1. The summed E-state index contributed by atoms with van der Waals surface area (Å²) in [6.45, 7) is 4.22. The van der Waals surface area contributed by atoms with Crippen LogP contribution in [0.5, 0.6) is 0 Å². The van der Waals surface area contributed by atoms with Crippen molar-refractivity contribution in [2.24, 2.45) is 0 Å². The minimum Gasteiger partial charge on any atom is -0.399 e. The number of benzene rings is 1.